The molecule has 0 bridgehead atoms. The predicted octanol–water partition coefficient (Wildman–Crippen LogP) is 4.81. The summed E-state index contributed by atoms with van der Waals surface area (Å²) in [6.45, 7) is 11.9. The van der Waals surface area contributed by atoms with E-state index < -0.39 is 5.41 Å². The van der Waals surface area contributed by atoms with Crippen molar-refractivity contribution in [1.29, 1.82) is 0 Å². The first kappa shape index (κ1) is 17.5. The maximum Gasteiger partial charge on any atom is 0.230 e. The fraction of sp³-hybridized carbons (Fsp3) is 0.444. The summed E-state index contributed by atoms with van der Waals surface area (Å²) in [5.74, 6) is 0.616. The molecular formula is C18H24ClN3O. The van der Waals surface area contributed by atoms with E-state index >= 15 is 0 Å². The zero-order valence-corrected chi connectivity index (χ0v) is 15.3. The Morgan fingerprint density at radius 1 is 1.09 bits per heavy atom. The van der Waals surface area contributed by atoms with Gasteiger partial charge in [0.05, 0.1) is 11.4 Å². The van der Waals surface area contributed by atoms with Gasteiger partial charge in [-0.3, -0.25) is 4.79 Å². The van der Waals surface area contributed by atoms with Crippen LogP contribution in [-0.2, 0) is 10.2 Å². The Kier molecular flexibility index (Phi) is 4.58. The van der Waals surface area contributed by atoms with Gasteiger partial charge in [0.15, 0.2) is 0 Å². The van der Waals surface area contributed by atoms with Crippen LogP contribution in [0.1, 0.15) is 47.2 Å². The van der Waals surface area contributed by atoms with Crippen LogP contribution >= 0.6 is 11.6 Å². The second kappa shape index (κ2) is 6.00. The highest BCUT2D eigenvalue weighted by atomic mass is 35.5. The van der Waals surface area contributed by atoms with E-state index in [0.29, 0.717) is 10.8 Å². The number of benzene rings is 1. The highest BCUT2D eigenvalue weighted by Gasteiger charge is 2.25. The fourth-order valence-corrected chi connectivity index (χ4v) is 2.05. The maximum absolute atomic E-state index is 12.4. The van der Waals surface area contributed by atoms with E-state index in [0.717, 1.165) is 11.4 Å². The van der Waals surface area contributed by atoms with Gasteiger partial charge in [-0.15, -0.1) is 0 Å². The Balaban J connectivity index is 2.49. The Labute approximate surface area is 142 Å². The maximum atomic E-state index is 12.4. The molecule has 4 nitrogen and oxygen atoms in total. The van der Waals surface area contributed by atoms with Gasteiger partial charge in [-0.2, -0.15) is 5.10 Å². The number of nitrogens with zero attached hydrogens (tertiary/aromatic N) is 2. The molecule has 23 heavy (non-hydrogen) atoms. The first-order valence-electron chi connectivity index (χ1n) is 7.66. The van der Waals surface area contributed by atoms with Gasteiger partial charge in [0, 0.05) is 21.9 Å². The molecular weight excluding hydrogens is 310 g/mol. The van der Waals surface area contributed by atoms with Crippen LogP contribution < -0.4 is 5.32 Å². The van der Waals surface area contributed by atoms with Crippen molar-refractivity contribution < 1.29 is 4.79 Å². The average molecular weight is 334 g/mol. The van der Waals surface area contributed by atoms with E-state index in [2.05, 4.69) is 31.2 Å². The van der Waals surface area contributed by atoms with Crippen molar-refractivity contribution in [3.63, 3.8) is 0 Å². The molecule has 0 fully saturated rings. The molecule has 2 rings (SSSR count). The Bertz CT molecular complexity index is 703. The molecule has 1 amide bonds. The molecule has 1 aromatic carbocycles. The van der Waals surface area contributed by atoms with E-state index in [4.69, 9.17) is 11.6 Å². The number of nitrogens with one attached hydrogen (secondary N) is 1. The lowest BCUT2D eigenvalue weighted by molar-refractivity contribution is -0.123. The molecule has 0 aliphatic carbocycles. The van der Waals surface area contributed by atoms with E-state index in [1.165, 1.54) is 0 Å². The van der Waals surface area contributed by atoms with Crippen LogP contribution in [0.4, 0.5) is 5.82 Å². The summed E-state index contributed by atoms with van der Waals surface area (Å²) >= 11 is 5.96. The van der Waals surface area contributed by atoms with E-state index in [1.54, 1.807) is 4.68 Å². The van der Waals surface area contributed by atoms with E-state index in [1.807, 2.05) is 51.1 Å². The van der Waals surface area contributed by atoms with Crippen LogP contribution in [0.3, 0.4) is 0 Å². The highest BCUT2D eigenvalue weighted by molar-refractivity contribution is 6.30. The molecule has 0 aliphatic heterocycles. The number of carbonyl (C=O) groups excluding carboxylic acids is 1. The molecule has 0 saturated carbocycles. The predicted molar refractivity (Wildman–Crippen MR) is 95.4 cm³/mol. The van der Waals surface area contributed by atoms with Crippen LogP contribution in [-0.4, -0.2) is 15.7 Å². The van der Waals surface area contributed by atoms with E-state index in [9.17, 15) is 4.79 Å². The third-order valence-corrected chi connectivity index (χ3v) is 3.72. The van der Waals surface area contributed by atoms with Gasteiger partial charge < -0.3 is 5.32 Å². The summed E-state index contributed by atoms with van der Waals surface area (Å²) in [6, 6.07) is 9.32. The zero-order valence-electron chi connectivity index (χ0n) is 14.6. The number of hydrogen-bond acceptors (Lipinski definition) is 2. The molecule has 0 atom stereocenters. The molecule has 5 heteroatoms. The van der Waals surface area contributed by atoms with Crippen LogP contribution in [0.15, 0.2) is 30.3 Å². The Morgan fingerprint density at radius 2 is 1.65 bits per heavy atom. The van der Waals surface area contributed by atoms with Crippen molar-refractivity contribution >= 4 is 23.3 Å². The van der Waals surface area contributed by atoms with Crippen LogP contribution in [0, 0.1) is 5.41 Å². The molecule has 0 aliphatic rings. The van der Waals surface area contributed by atoms with Gasteiger partial charge in [0.1, 0.15) is 5.82 Å². The summed E-state index contributed by atoms with van der Waals surface area (Å²) in [7, 11) is 0. The minimum atomic E-state index is -0.475. The third kappa shape index (κ3) is 4.14. The van der Waals surface area contributed by atoms with Gasteiger partial charge in [0.25, 0.3) is 0 Å². The first-order valence-corrected chi connectivity index (χ1v) is 8.04. The monoisotopic (exact) mass is 333 g/mol. The quantitative estimate of drug-likeness (QED) is 0.857. The lowest BCUT2D eigenvalue weighted by atomic mass is 9.92. The van der Waals surface area contributed by atoms with Gasteiger partial charge in [-0.1, -0.05) is 53.1 Å². The molecule has 1 aromatic heterocycles. The number of hydrogen-bond donors (Lipinski definition) is 1. The summed E-state index contributed by atoms with van der Waals surface area (Å²) in [6.07, 6.45) is 0. The lowest BCUT2D eigenvalue weighted by Gasteiger charge is -2.18. The van der Waals surface area contributed by atoms with Gasteiger partial charge in [0.2, 0.25) is 5.91 Å². The van der Waals surface area contributed by atoms with Crippen molar-refractivity contribution in [1.82, 2.24) is 9.78 Å². The number of carbonyl (C=O) groups is 1. The molecule has 1 N–H and O–H groups in total. The van der Waals surface area contributed by atoms with Crippen molar-refractivity contribution in [3.8, 4) is 5.69 Å². The van der Waals surface area contributed by atoms with Crippen LogP contribution in [0.5, 0.6) is 0 Å². The molecule has 124 valence electrons. The minimum Gasteiger partial charge on any atom is -0.310 e. The molecule has 0 unspecified atom stereocenters. The fourth-order valence-electron chi connectivity index (χ4n) is 1.92. The van der Waals surface area contributed by atoms with Gasteiger partial charge >= 0.3 is 0 Å². The number of aromatic nitrogens is 2. The van der Waals surface area contributed by atoms with Gasteiger partial charge in [-0.25, -0.2) is 4.68 Å². The van der Waals surface area contributed by atoms with Crippen molar-refractivity contribution in [2.45, 2.75) is 47.0 Å². The highest BCUT2D eigenvalue weighted by Crippen LogP contribution is 2.28. The Hall–Kier alpha value is -1.81. The number of anilines is 1. The summed E-state index contributed by atoms with van der Waals surface area (Å²) in [5.41, 5.74) is 1.18. The largest absolute Gasteiger partial charge is 0.310 e. The standard InChI is InChI=1S/C18H24ClN3O/c1-17(2,3)14-11-15(20-16(23)18(4,5)6)22(21-14)13-9-7-12(19)8-10-13/h7-11H,1-6H3,(H,20,23). The molecule has 2 aromatic rings. The average Bonchev–Trinajstić information content (AvgIpc) is 2.82. The second-order valence-corrected chi connectivity index (χ2v) is 8.19. The molecule has 1 heterocycles. The topological polar surface area (TPSA) is 46.9 Å². The van der Waals surface area contributed by atoms with Crippen molar-refractivity contribution in [3.05, 3.63) is 41.0 Å². The number of amides is 1. The zero-order chi connectivity index (χ0) is 17.4. The van der Waals surface area contributed by atoms with Crippen LogP contribution in [0.2, 0.25) is 5.02 Å². The molecule has 0 saturated heterocycles. The lowest BCUT2D eigenvalue weighted by Crippen LogP contribution is -2.28. The third-order valence-electron chi connectivity index (χ3n) is 3.47. The van der Waals surface area contributed by atoms with Crippen LogP contribution in [0.25, 0.3) is 5.69 Å². The minimum absolute atomic E-state index is 0.0481. The smallest absolute Gasteiger partial charge is 0.230 e. The second-order valence-electron chi connectivity index (χ2n) is 7.76. The number of halogens is 1. The van der Waals surface area contributed by atoms with Gasteiger partial charge in [-0.05, 0) is 24.3 Å². The summed E-state index contributed by atoms with van der Waals surface area (Å²) in [5, 5.41) is 8.32. The van der Waals surface area contributed by atoms with Crippen molar-refractivity contribution in [2.24, 2.45) is 5.41 Å². The number of rotatable bonds is 2. The Morgan fingerprint density at radius 3 is 2.13 bits per heavy atom. The summed E-state index contributed by atoms with van der Waals surface area (Å²) < 4.78 is 1.75. The first-order chi connectivity index (χ1) is 10.5. The SMILES string of the molecule is CC(C)(C)C(=O)Nc1cc(C(C)(C)C)nn1-c1ccc(Cl)cc1. The van der Waals surface area contributed by atoms with E-state index in [-0.39, 0.29) is 11.3 Å². The normalized spacial score (nSPS) is 12.3. The van der Waals surface area contributed by atoms with Crippen molar-refractivity contribution in [2.75, 3.05) is 5.32 Å². The summed E-state index contributed by atoms with van der Waals surface area (Å²) in [4.78, 5) is 12.4. The molecule has 0 radical (unpaired) electrons. The molecule has 0 spiro atoms.